The number of fused-ring (bicyclic) bond motifs is 3. The van der Waals surface area contributed by atoms with Crippen molar-refractivity contribution >= 4 is 17.6 Å². The van der Waals surface area contributed by atoms with Gasteiger partial charge in [-0.05, 0) is 38.8 Å². The molecule has 1 aromatic carbocycles. The number of piperidine rings is 1. The van der Waals surface area contributed by atoms with Gasteiger partial charge in [0, 0.05) is 17.6 Å². The molecule has 3 rings (SSSR count). The number of nitrogens with zero attached hydrogens (tertiary/aromatic N) is 1. The second-order valence-corrected chi connectivity index (χ2v) is 6.74. The number of rotatable bonds is 2. The molecule has 1 saturated heterocycles. The molecule has 5 heteroatoms. The highest BCUT2D eigenvalue weighted by atomic mass is 16.5. The first kappa shape index (κ1) is 15.0. The standard InChI is InChI=1S/C17H22N2O3/c1-10(2)22-16(21)14-11-6-4-5-7-12(11)19-13(20)8-9-17(3,18)15(14)19/h4-7,10,14-15H,8-9,18H2,1-3H3/t14-,15-,17+/m0/s1. The topological polar surface area (TPSA) is 72.6 Å². The van der Waals surface area contributed by atoms with Gasteiger partial charge in [0.05, 0.1) is 12.1 Å². The molecule has 22 heavy (non-hydrogen) atoms. The fraction of sp³-hybridized carbons (Fsp3) is 0.529. The number of amides is 1. The molecule has 0 saturated carbocycles. The lowest BCUT2D eigenvalue weighted by atomic mass is 9.77. The maximum atomic E-state index is 12.7. The van der Waals surface area contributed by atoms with E-state index in [1.807, 2.05) is 45.0 Å². The van der Waals surface area contributed by atoms with Crippen molar-refractivity contribution in [1.29, 1.82) is 0 Å². The Morgan fingerprint density at radius 2 is 2.09 bits per heavy atom. The zero-order valence-electron chi connectivity index (χ0n) is 13.2. The predicted octanol–water partition coefficient (Wildman–Crippen LogP) is 1.95. The van der Waals surface area contributed by atoms with Gasteiger partial charge in [-0.2, -0.15) is 0 Å². The van der Waals surface area contributed by atoms with E-state index in [2.05, 4.69) is 0 Å². The molecule has 2 aliphatic heterocycles. The smallest absolute Gasteiger partial charge is 0.315 e. The zero-order valence-corrected chi connectivity index (χ0v) is 13.2. The summed E-state index contributed by atoms with van der Waals surface area (Å²) in [6, 6.07) is 7.15. The van der Waals surface area contributed by atoms with Crippen molar-refractivity contribution in [1.82, 2.24) is 0 Å². The number of carbonyl (C=O) groups is 2. The Labute approximate surface area is 130 Å². The van der Waals surface area contributed by atoms with Crippen molar-refractivity contribution in [2.75, 3.05) is 4.90 Å². The van der Waals surface area contributed by atoms with E-state index in [1.165, 1.54) is 0 Å². The van der Waals surface area contributed by atoms with Crippen molar-refractivity contribution in [2.45, 2.75) is 57.2 Å². The number of para-hydroxylation sites is 1. The normalized spacial score (nSPS) is 30.2. The van der Waals surface area contributed by atoms with Crippen molar-refractivity contribution in [3.63, 3.8) is 0 Å². The second kappa shape index (κ2) is 5.09. The quantitative estimate of drug-likeness (QED) is 0.848. The number of esters is 1. The number of nitrogens with two attached hydrogens (primary N) is 1. The zero-order chi connectivity index (χ0) is 16.1. The summed E-state index contributed by atoms with van der Waals surface area (Å²) in [7, 11) is 0. The molecule has 2 N–H and O–H groups in total. The first-order chi connectivity index (χ1) is 10.3. The number of hydrogen-bond donors (Lipinski definition) is 1. The van der Waals surface area contributed by atoms with E-state index >= 15 is 0 Å². The van der Waals surface area contributed by atoms with Crippen LogP contribution in [0.15, 0.2) is 24.3 Å². The van der Waals surface area contributed by atoms with E-state index in [0.717, 1.165) is 11.3 Å². The average Bonchev–Trinajstić information content (AvgIpc) is 2.79. The van der Waals surface area contributed by atoms with Crippen molar-refractivity contribution in [2.24, 2.45) is 5.73 Å². The maximum Gasteiger partial charge on any atom is 0.315 e. The Bertz CT molecular complexity index is 624. The van der Waals surface area contributed by atoms with Crippen LogP contribution in [0.1, 0.15) is 45.1 Å². The third kappa shape index (κ3) is 2.20. The van der Waals surface area contributed by atoms with Crippen LogP contribution in [-0.2, 0) is 14.3 Å². The van der Waals surface area contributed by atoms with Crippen molar-refractivity contribution in [3.8, 4) is 0 Å². The minimum Gasteiger partial charge on any atom is -0.462 e. The maximum absolute atomic E-state index is 12.7. The van der Waals surface area contributed by atoms with Crippen LogP contribution in [-0.4, -0.2) is 29.6 Å². The second-order valence-electron chi connectivity index (χ2n) is 6.74. The van der Waals surface area contributed by atoms with Crippen LogP contribution < -0.4 is 10.6 Å². The van der Waals surface area contributed by atoms with E-state index in [0.29, 0.717) is 12.8 Å². The summed E-state index contributed by atoms with van der Waals surface area (Å²) in [6.45, 7) is 5.56. The molecule has 0 aromatic heterocycles. The van der Waals surface area contributed by atoms with Gasteiger partial charge in [0.2, 0.25) is 5.91 Å². The van der Waals surface area contributed by atoms with E-state index < -0.39 is 11.5 Å². The monoisotopic (exact) mass is 302 g/mol. The highest BCUT2D eigenvalue weighted by Gasteiger charge is 2.55. The Balaban J connectivity index is 2.10. The lowest BCUT2D eigenvalue weighted by Gasteiger charge is -2.44. The third-order valence-electron chi connectivity index (χ3n) is 4.55. The lowest BCUT2D eigenvalue weighted by molar-refractivity contribution is -0.150. The SMILES string of the molecule is CC(C)OC(=O)[C@H]1c2ccccc2N2C(=O)CC[C@@](C)(N)[C@H]12. The van der Waals surface area contributed by atoms with E-state index in [-0.39, 0.29) is 24.0 Å². The first-order valence-electron chi connectivity index (χ1n) is 7.73. The summed E-state index contributed by atoms with van der Waals surface area (Å²) in [5.74, 6) is -0.792. The lowest BCUT2D eigenvalue weighted by Crippen LogP contribution is -2.63. The fourth-order valence-electron chi connectivity index (χ4n) is 3.61. The molecule has 1 aromatic rings. The molecule has 0 bridgehead atoms. The molecular formula is C17H22N2O3. The van der Waals surface area contributed by atoms with Gasteiger partial charge in [0.1, 0.15) is 5.92 Å². The average molecular weight is 302 g/mol. The van der Waals surface area contributed by atoms with Crippen LogP contribution in [0.4, 0.5) is 5.69 Å². The van der Waals surface area contributed by atoms with Gasteiger partial charge in [-0.3, -0.25) is 9.59 Å². The molecule has 118 valence electrons. The summed E-state index contributed by atoms with van der Waals surface area (Å²) in [6.07, 6.45) is 0.785. The highest BCUT2D eigenvalue weighted by molar-refractivity contribution is 6.01. The number of hydrogen-bond acceptors (Lipinski definition) is 4. The molecule has 5 nitrogen and oxygen atoms in total. The molecule has 2 heterocycles. The molecule has 1 fully saturated rings. The van der Waals surface area contributed by atoms with Gasteiger partial charge in [-0.15, -0.1) is 0 Å². The summed E-state index contributed by atoms with van der Waals surface area (Å²) >= 11 is 0. The fourth-order valence-corrected chi connectivity index (χ4v) is 3.61. The van der Waals surface area contributed by atoms with Gasteiger partial charge >= 0.3 is 5.97 Å². The Morgan fingerprint density at radius 1 is 1.41 bits per heavy atom. The third-order valence-corrected chi connectivity index (χ3v) is 4.55. The number of benzene rings is 1. The Morgan fingerprint density at radius 3 is 2.77 bits per heavy atom. The Hall–Kier alpha value is -1.88. The van der Waals surface area contributed by atoms with Gasteiger partial charge in [-0.1, -0.05) is 18.2 Å². The minimum absolute atomic E-state index is 0.0280. The van der Waals surface area contributed by atoms with Crippen LogP contribution in [0.5, 0.6) is 0 Å². The molecule has 0 radical (unpaired) electrons. The summed E-state index contributed by atoms with van der Waals surface area (Å²) in [5, 5.41) is 0. The van der Waals surface area contributed by atoms with E-state index in [9.17, 15) is 9.59 Å². The van der Waals surface area contributed by atoms with Crippen LogP contribution in [0.2, 0.25) is 0 Å². The molecular weight excluding hydrogens is 280 g/mol. The minimum atomic E-state index is -0.617. The molecule has 0 unspecified atom stereocenters. The van der Waals surface area contributed by atoms with E-state index in [4.69, 9.17) is 10.5 Å². The van der Waals surface area contributed by atoms with Crippen LogP contribution in [0.25, 0.3) is 0 Å². The Kier molecular flexibility index (Phi) is 3.48. The van der Waals surface area contributed by atoms with Gasteiger partial charge in [-0.25, -0.2) is 0 Å². The van der Waals surface area contributed by atoms with Crippen LogP contribution >= 0.6 is 0 Å². The molecule has 3 atom stereocenters. The van der Waals surface area contributed by atoms with Crippen molar-refractivity contribution < 1.29 is 14.3 Å². The molecule has 0 spiro atoms. The first-order valence-corrected chi connectivity index (χ1v) is 7.73. The molecule has 1 amide bonds. The number of carbonyl (C=O) groups excluding carboxylic acids is 2. The van der Waals surface area contributed by atoms with Crippen LogP contribution in [0, 0.1) is 0 Å². The summed E-state index contributed by atoms with van der Waals surface area (Å²) in [4.78, 5) is 26.8. The van der Waals surface area contributed by atoms with Gasteiger partial charge in [0.25, 0.3) is 0 Å². The van der Waals surface area contributed by atoms with E-state index in [1.54, 1.807) is 4.90 Å². The predicted molar refractivity (Wildman–Crippen MR) is 83.5 cm³/mol. The summed E-state index contributed by atoms with van der Waals surface area (Å²) < 4.78 is 5.44. The number of anilines is 1. The molecule has 2 aliphatic rings. The van der Waals surface area contributed by atoms with Gasteiger partial charge in [0.15, 0.2) is 0 Å². The van der Waals surface area contributed by atoms with Gasteiger partial charge < -0.3 is 15.4 Å². The number of ether oxygens (including phenoxy) is 1. The molecule has 0 aliphatic carbocycles. The van der Waals surface area contributed by atoms with Crippen LogP contribution in [0.3, 0.4) is 0 Å². The largest absolute Gasteiger partial charge is 0.462 e. The highest BCUT2D eigenvalue weighted by Crippen LogP contribution is 2.48. The summed E-state index contributed by atoms with van der Waals surface area (Å²) in [5.41, 5.74) is 7.47. The van der Waals surface area contributed by atoms with Crippen molar-refractivity contribution in [3.05, 3.63) is 29.8 Å².